The Hall–Kier alpha value is -1.61. The summed E-state index contributed by atoms with van der Waals surface area (Å²) < 4.78 is 0. The summed E-state index contributed by atoms with van der Waals surface area (Å²) in [5.41, 5.74) is 4.40. The maximum atomic E-state index is 9.66. The molecule has 0 saturated heterocycles. The first-order chi connectivity index (χ1) is 9.16. The number of benzene rings is 1. The molecular formula is C16H20N2O. The Balaban J connectivity index is 2.05. The number of aromatic amines is 1. The Morgan fingerprint density at radius 2 is 2.00 bits per heavy atom. The third kappa shape index (κ3) is 1.89. The Morgan fingerprint density at radius 3 is 2.58 bits per heavy atom. The molecule has 1 fully saturated rings. The maximum Gasteiger partial charge on any atom is 0.115 e. The minimum absolute atomic E-state index is 0.119. The van der Waals surface area contributed by atoms with Gasteiger partial charge in [0.1, 0.15) is 5.82 Å². The molecule has 2 aromatic rings. The van der Waals surface area contributed by atoms with Crippen LogP contribution in [0, 0.1) is 13.8 Å². The number of aliphatic hydroxyl groups excluding tert-OH is 1. The van der Waals surface area contributed by atoms with Crippen molar-refractivity contribution in [2.24, 2.45) is 0 Å². The van der Waals surface area contributed by atoms with Crippen molar-refractivity contribution < 1.29 is 5.11 Å². The molecule has 3 rings (SSSR count). The molecule has 1 saturated carbocycles. The van der Waals surface area contributed by atoms with Crippen LogP contribution in [0.15, 0.2) is 24.3 Å². The molecule has 2 N–H and O–H groups in total. The van der Waals surface area contributed by atoms with Crippen molar-refractivity contribution in [2.45, 2.75) is 38.5 Å². The van der Waals surface area contributed by atoms with Gasteiger partial charge in [0.2, 0.25) is 0 Å². The van der Waals surface area contributed by atoms with Crippen LogP contribution in [0.3, 0.4) is 0 Å². The van der Waals surface area contributed by atoms with Crippen LogP contribution in [-0.4, -0.2) is 21.7 Å². The molecule has 1 aromatic heterocycles. The molecule has 1 aliphatic carbocycles. The number of aryl methyl sites for hydroxylation is 2. The fourth-order valence-corrected chi connectivity index (χ4v) is 2.89. The van der Waals surface area contributed by atoms with Crippen LogP contribution in [0.25, 0.3) is 11.3 Å². The quantitative estimate of drug-likeness (QED) is 0.886. The molecule has 1 aromatic carbocycles. The van der Waals surface area contributed by atoms with Crippen LogP contribution in [0.4, 0.5) is 0 Å². The zero-order chi connectivity index (χ0) is 13.5. The summed E-state index contributed by atoms with van der Waals surface area (Å²) >= 11 is 0. The number of aromatic nitrogens is 2. The Kier molecular flexibility index (Phi) is 2.94. The molecule has 19 heavy (non-hydrogen) atoms. The number of hydrogen-bond acceptors (Lipinski definition) is 2. The van der Waals surface area contributed by atoms with Crippen LogP contribution in [0.5, 0.6) is 0 Å². The molecule has 0 aliphatic heterocycles. The highest BCUT2D eigenvalue weighted by atomic mass is 16.3. The lowest BCUT2D eigenvalue weighted by Crippen LogP contribution is -2.39. The van der Waals surface area contributed by atoms with Gasteiger partial charge in [-0.25, -0.2) is 4.98 Å². The summed E-state index contributed by atoms with van der Waals surface area (Å²) in [4.78, 5) is 8.18. The van der Waals surface area contributed by atoms with E-state index < -0.39 is 0 Å². The van der Waals surface area contributed by atoms with E-state index in [0.29, 0.717) is 0 Å². The summed E-state index contributed by atoms with van der Waals surface area (Å²) in [7, 11) is 0. The minimum Gasteiger partial charge on any atom is -0.395 e. The van der Waals surface area contributed by atoms with Crippen LogP contribution in [0.2, 0.25) is 0 Å². The maximum absolute atomic E-state index is 9.66. The Bertz CT molecular complexity index is 591. The number of nitrogens with zero attached hydrogens (tertiary/aromatic N) is 1. The normalized spacial score (nSPS) is 17.2. The van der Waals surface area contributed by atoms with E-state index in [1.807, 2.05) is 12.1 Å². The minimum atomic E-state index is -0.119. The molecule has 0 amide bonds. The van der Waals surface area contributed by atoms with Crippen molar-refractivity contribution in [1.82, 2.24) is 9.97 Å². The van der Waals surface area contributed by atoms with Gasteiger partial charge in [-0.3, -0.25) is 0 Å². The molecular weight excluding hydrogens is 236 g/mol. The molecule has 0 spiro atoms. The summed E-state index contributed by atoms with van der Waals surface area (Å²) in [6, 6.07) is 8.30. The van der Waals surface area contributed by atoms with E-state index in [1.54, 1.807) is 0 Å². The van der Waals surface area contributed by atoms with Gasteiger partial charge in [-0.15, -0.1) is 0 Å². The summed E-state index contributed by atoms with van der Waals surface area (Å²) in [6.07, 6.45) is 3.24. The average Bonchev–Trinajstić information content (AvgIpc) is 2.72. The van der Waals surface area contributed by atoms with Crippen LogP contribution >= 0.6 is 0 Å². The molecule has 100 valence electrons. The number of H-pyrrole nitrogens is 1. The van der Waals surface area contributed by atoms with Crippen molar-refractivity contribution >= 4 is 0 Å². The van der Waals surface area contributed by atoms with Crippen LogP contribution < -0.4 is 0 Å². The summed E-state index contributed by atoms with van der Waals surface area (Å²) in [5, 5.41) is 9.66. The largest absolute Gasteiger partial charge is 0.395 e. The van der Waals surface area contributed by atoms with E-state index in [2.05, 4.69) is 31.0 Å². The van der Waals surface area contributed by atoms with Crippen molar-refractivity contribution in [1.29, 1.82) is 0 Å². The van der Waals surface area contributed by atoms with Crippen LogP contribution in [0.1, 0.15) is 36.3 Å². The van der Waals surface area contributed by atoms with Crippen LogP contribution in [-0.2, 0) is 5.41 Å². The van der Waals surface area contributed by atoms with E-state index in [9.17, 15) is 5.11 Å². The summed E-state index contributed by atoms with van der Waals surface area (Å²) in [6.45, 7) is 4.35. The first kappa shape index (κ1) is 12.4. The fourth-order valence-electron chi connectivity index (χ4n) is 2.89. The SMILES string of the molecule is Cc1ccccc1-c1nc(C2(CO)CCC2)[nH]c1C. The van der Waals surface area contributed by atoms with E-state index in [0.717, 1.165) is 30.1 Å². The zero-order valence-corrected chi connectivity index (χ0v) is 11.5. The number of imidazole rings is 1. The number of aliphatic hydroxyl groups is 1. The number of hydrogen-bond donors (Lipinski definition) is 2. The average molecular weight is 256 g/mol. The van der Waals surface area contributed by atoms with E-state index >= 15 is 0 Å². The lowest BCUT2D eigenvalue weighted by atomic mass is 9.69. The first-order valence-electron chi connectivity index (χ1n) is 6.90. The van der Waals surface area contributed by atoms with E-state index in [4.69, 9.17) is 4.98 Å². The molecule has 3 nitrogen and oxygen atoms in total. The van der Waals surface area contributed by atoms with E-state index in [1.165, 1.54) is 17.5 Å². The Labute approximate surface area is 113 Å². The highest BCUT2D eigenvalue weighted by Crippen LogP contribution is 2.43. The highest BCUT2D eigenvalue weighted by Gasteiger charge is 2.41. The molecule has 0 unspecified atom stereocenters. The number of nitrogens with one attached hydrogen (secondary N) is 1. The monoisotopic (exact) mass is 256 g/mol. The topological polar surface area (TPSA) is 48.9 Å². The second-order valence-electron chi connectivity index (χ2n) is 5.67. The molecule has 1 heterocycles. The third-order valence-corrected chi connectivity index (χ3v) is 4.40. The van der Waals surface area contributed by atoms with Gasteiger partial charge < -0.3 is 10.1 Å². The molecule has 0 radical (unpaired) electrons. The number of rotatable bonds is 3. The predicted molar refractivity (Wildman–Crippen MR) is 76.1 cm³/mol. The first-order valence-corrected chi connectivity index (χ1v) is 6.90. The molecule has 0 bridgehead atoms. The predicted octanol–water partition coefficient (Wildman–Crippen LogP) is 3.11. The van der Waals surface area contributed by atoms with Gasteiger partial charge in [-0.1, -0.05) is 30.7 Å². The zero-order valence-electron chi connectivity index (χ0n) is 11.5. The van der Waals surface area contributed by atoms with Gasteiger partial charge in [0.05, 0.1) is 17.7 Å². The van der Waals surface area contributed by atoms with E-state index in [-0.39, 0.29) is 12.0 Å². The van der Waals surface area contributed by atoms with Gasteiger partial charge in [0.15, 0.2) is 0 Å². The van der Waals surface area contributed by atoms with Gasteiger partial charge in [0.25, 0.3) is 0 Å². The molecule has 3 heteroatoms. The highest BCUT2D eigenvalue weighted by molar-refractivity contribution is 5.65. The standard InChI is InChI=1S/C16H20N2O/c1-11-6-3-4-7-13(11)14-12(2)17-15(18-14)16(10-19)8-5-9-16/h3-4,6-7,19H,5,8-10H2,1-2H3,(H,17,18). The van der Waals surface area contributed by atoms with Crippen molar-refractivity contribution in [3.63, 3.8) is 0 Å². The second-order valence-corrected chi connectivity index (χ2v) is 5.67. The third-order valence-electron chi connectivity index (χ3n) is 4.40. The van der Waals surface area contributed by atoms with Gasteiger partial charge in [0, 0.05) is 11.3 Å². The lowest BCUT2D eigenvalue weighted by molar-refractivity contribution is 0.113. The lowest BCUT2D eigenvalue weighted by Gasteiger charge is -2.38. The van der Waals surface area contributed by atoms with Crippen molar-refractivity contribution in [2.75, 3.05) is 6.61 Å². The van der Waals surface area contributed by atoms with Crippen molar-refractivity contribution in [3.8, 4) is 11.3 Å². The summed E-state index contributed by atoms with van der Waals surface area (Å²) in [5.74, 6) is 0.956. The van der Waals surface area contributed by atoms with Gasteiger partial charge in [-0.05, 0) is 32.3 Å². The Morgan fingerprint density at radius 1 is 1.26 bits per heavy atom. The van der Waals surface area contributed by atoms with Crippen molar-refractivity contribution in [3.05, 3.63) is 41.3 Å². The molecule has 0 atom stereocenters. The fraction of sp³-hybridized carbons (Fsp3) is 0.438. The molecule has 1 aliphatic rings. The van der Waals surface area contributed by atoms with Gasteiger partial charge >= 0.3 is 0 Å². The second kappa shape index (κ2) is 4.49. The smallest absolute Gasteiger partial charge is 0.115 e. The van der Waals surface area contributed by atoms with Gasteiger partial charge in [-0.2, -0.15) is 0 Å².